The van der Waals surface area contributed by atoms with E-state index < -0.39 is 15.8 Å². The van der Waals surface area contributed by atoms with Gasteiger partial charge in [0.15, 0.2) is 0 Å². The third-order valence-electron chi connectivity index (χ3n) is 2.90. The lowest BCUT2D eigenvalue weighted by atomic mass is 10.1. The predicted octanol–water partition coefficient (Wildman–Crippen LogP) is 2.22. The zero-order valence-electron chi connectivity index (χ0n) is 11.2. The summed E-state index contributed by atoms with van der Waals surface area (Å²) in [7, 11) is -3.90. The van der Waals surface area contributed by atoms with E-state index in [0.29, 0.717) is 16.8 Å². The first kappa shape index (κ1) is 15.0. The molecule has 0 aliphatic carbocycles. The molecule has 0 atom stereocenters. The highest BCUT2D eigenvalue weighted by molar-refractivity contribution is 7.92. The van der Waals surface area contributed by atoms with Crippen LogP contribution in [0, 0.1) is 18.2 Å². The lowest BCUT2D eigenvalue weighted by Gasteiger charge is -2.12. The number of aryl methyl sites for hydroxylation is 1. The van der Waals surface area contributed by atoms with Gasteiger partial charge in [-0.25, -0.2) is 12.8 Å². The molecule has 5 nitrogen and oxygen atoms in total. The maximum absolute atomic E-state index is 13.1. The van der Waals surface area contributed by atoms with Gasteiger partial charge in [-0.3, -0.25) is 10.1 Å². The summed E-state index contributed by atoms with van der Waals surface area (Å²) in [4.78, 5) is -0.171. The van der Waals surface area contributed by atoms with E-state index in [2.05, 4.69) is 4.72 Å². The molecule has 21 heavy (non-hydrogen) atoms. The van der Waals surface area contributed by atoms with Crippen LogP contribution >= 0.6 is 0 Å². The maximum Gasteiger partial charge on any atom is 0.262 e. The van der Waals surface area contributed by atoms with Gasteiger partial charge in [0, 0.05) is 5.56 Å². The van der Waals surface area contributed by atoms with Crippen LogP contribution in [0.15, 0.2) is 47.4 Å². The second kappa shape index (κ2) is 5.53. The Kier molecular flexibility index (Phi) is 3.95. The molecule has 0 spiro atoms. The highest BCUT2D eigenvalue weighted by Crippen LogP contribution is 2.21. The van der Waals surface area contributed by atoms with E-state index in [-0.39, 0.29) is 10.7 Å². The lowest BCUT2D eigenvalue weighted by molar-refractivity contribution is 0.595. The van der Waals surface area contributed by atoms with E-state index in [1.165, 1.54) is 24.3 Å². The first-order valence-electron chi connectivity index (χ1n) is 6.03. The number of amidine groups is 1. The van der Waals surface area contributed by atoms with E-state index in [0.717, 1.165) is 6.07 Å². The number of hydrogen-bond acceptors (Lipinski definition) is 3. The highest BCUT2D eigenvalue weighted by Gasteiger charge is 2.16. The molecule has 0 saturated carbocycles. The molecule has 0 radical (unpaired) electrons. The summed E-state index contributed by atoms with van der Waals surface area (Å²) >= 11 is 0. The number of sulfonamides is 1. The molecule has 0 bridgehead atoms. The van der Waals surface area contributed by atoms with E-state index >= 15 is 0 Å². The Morgan fingerprint density at radius 3 is 2.57 bits per heavy atom. The molecule has 2 aromatic carbocycles. The summed E-state index contributed by atoms with van der Waals surface area (Å²) in [6, 6.07) is 9.47. The van der Waals surface area contributed by atoms with E-state index in [1.807, 2.05) is 0 Å². The molecule has 2 rings (SSSR count). The number of nitrogens with two attached hydrogens (primary N) is 1. The van der Waals surface area contributed by atoms with Gasteiger partial charge in [-0.15, -0.1) is 0 Å². The molecule has 0 saturated heterocycles. The minimum atomic E-state index is -3.90. The Morgan fingerprint density at radius 2 is 1.95 bits per heavy atom. The smallest absolute Gasteiger partial charge is 0.262 e. The van der Waals surface area contributed by atoms with Crippen LogP contribution in [-0.4, -0.2) is 14.3 Å². The van der Waals surface area contributed by atoms with Gasteiger partial charge in [-0.2, -0.15) is 0 Å². The van der Waals surface area contributed by atoms with Gasteiger partial charge in [0.25, 0.3) is 10.0 Å². The molecule has 110 valence electrons. The van der Waals surface area contributed by atoms with Crippen molar-refractivity contribution in [3.8, 4) is 0 Å². The number of rotatable bonds is 4. The van der Waals surface area contributed by atoms with Crippen LogP contribution in [0.2, 0.25) is 0 Å². The fourth-order valence-corrected chi connectivity index (χ4v) is 2.89. The molecule has 2 aromatic rings. The largest absolute Gasteiger partial charge is 0.384 e. The number of nitrogen functional groups attached to an aromatic ring is 1. The average molecular weight is 307 g/mol. The van der Waals surface area contributed by atoms with Crippen molar-refractivity contribution in [1.82, 2.24) is 0 Å². The van der Waals surface area contributed by atoms with Crippen molar-refractivity contribution in [1.29, 1.82) is 5.41 Å². The summed E-state index contributed by atoms with van der Waals surface area (Å²) in [6.45, 7) is 1.72. The fraction of sp³-hybridized carbons (Fsp3) is 0.0714. The van der Waals surface area contributed by atoms with Crippen molar-refractivity contribution < 1.29 is 12.8 Å². The molecular formula is C14H14FN3O2S. The van der Waals surface area contributed by atoms with Crippen molar-refractivity contribution in [2.45, 2.75) is 11.8 Å². The molecule has 4 N–H and O–H groups in total. The third kappa shape index (κ3) is 3.38. The minimum absolute atomic E-state index is 0.166. The lowest BCUT2D eigenvalue weighted by Crippen LogP contribution is -2.16. The summed E-state index contributed by atoms with van der Waals surface area (Å²) in [6.07, 6.45) is 0. The standard InChI is InChI=1S/C14H14FN3O2S/c1-9-5-6-10(14(16)17)7-13(9)18-21(19,20)12-4-2-3-11(15)8-12/h2-8,18H,1H3,(H3,16,17). The molecule has 0 aliphatic heterocycles. The number of anilines is 1. The second-order valence-electron chi connectivity index (χ2n) is 4.51. The van der Waals surface area contributed by atoms with Gasteiger partial charge < -0.3 is 5.73 Å². The van der Waals surface area contributed by atoms with Crippen molar-refractivity contribution in [3.63, 3.8) is 0 Å². The van der Waals surface area contributed by atoms with Gasteiger partial charge in [0.2, 0.25) is 0 Å². The van der Waals surface area contributed by atoms with E-state index in [1.54, 1.807) is 19.1 Å². The number of benzene rings is 2. The first-order valence-corrected chi connectivity index (χ1v) is 7.51. The quantitative estimate of drug-likeness (QED) is 0.597. The Morgan fingerprint density at radius 1 is 1.24 bits per heavy atom. The average Bonchev–Trinajstić information content (AvgIpc) is 2.41. The molecular weight excluding hydrogens is 293 g/mol. The molecule has 7 heteroatoms. The van der Waals surface area contributed by atoms with Crippen LogP contribution in [0.4, 0.5) is 10.1 Å². The van der Waals surface area contributed by atoms with Gasteiger partial charge in [-0.1, -0.05) is 18.2 Å². The molecule has 0 aromatic heterocycles. The number of nitrogens with one attached hydrogen (secondary N) is 2. The summed E-state index contributed by atoms with van der Waals surface area (Å²) in [5.41, 5.74) is 6.75. The maximum atomic E-state index is 13.1. The Balaban J connectivity index is 2.41. The van der Waals surface area contributed by atoms with Gasteiger partial charge in [0.05, 0.1) is 10.6 Å². The topological polar surface area (TPSA) is 96.0 Å². The Labute approximate surface area is 122 Å². The summed E-state index contributed by atoms with van der Waals surface area (Å²) in [5.74, 6) is -0.798. The second-order valence-corrected chi connectivity index (χ2v) is 6.19. The molecule has 0 fully saturated rings. The van der Waals surface area contributed by atoms with Crippen LogP contribution in [0.5, 0.6) is 0 Å². The van der Waals surface area contributed by atoms with Gasteiger partial charge in [-0.05, 0) is 36.8 Å². The van der Waals surface area contributed by atoms with Crippen LogP contribution < -0.4 is 10.5 Å². The van der Waals surface area contributed by atoms with Crippen LogP contribution in [0.1, 0.15) is 11.1 Å². The minimum Gasteiger partial charge on any atom is -0.384 e. The van der Waals surface area contributed by atoms with Gasteiger partial charge in [0.1, 0.15) is 11.7 Å². The van der Waals surface area contributed by atoms with E-state index in [9.17, 15) is 12.8 Å². The highest BCUT2D eigenvalue weighted by atomic mass is 32.2. The third-order valence-corrected chi connectivity index (χ3v) is 4.26. The zero-order valence-corrected chi connectivity index (χ0v) is 12.0. The molecule has 0 unspecified atom stereocenters. The molecule has 0 heterocycles. The van der Waals surface area contributed by atoms with Crippen LogP contribution in [-0.2, 0) is 10.0 Å². The summed E-state index contributed by atoms with van der Waals surface area (Å²) in [5, 5.41) is 7.38. The Hall–Kier alpha value is -2.41. The molecule has 0 aliphatic rings. The fourth-order valence-electron chi connectivity index (χ4n) is 1.74. The van der Waals surface area contributed by atoms with Crippen LogP contribution in [0.25, 0.3) is 0 Å². The van der Waals surface area contributed by atoms with Gasteiger partial charge >= 0.3 is 0 Å². The monoisotopic (exact) mass is 307 g/mol. The van der Waals surface area contributed by atoms with E-state index in [4.69, 9.17) is 11.1 Å². The SMILES string of the molecule is Cc1ccc(C(=N)N)cc1NS(=O)(=O)c1cccc(F)c1. The van der Waals surface area contributed by atoms with Crippen LogP contribution in [0.3, 0.4) is 0 Å². The van der Waals surface area contributed by atoms with Crippen molar-refractivity contribution in [3.05, 3.63) is 59.4 Å². The summed E-state index contributed by atoms with van der Waals surface area (Å²) < 4.78 is 40.0. The van der Waals surface area contributed by atoms with Crippen molar-refractivity contribution in [2.24, 2.45) is 5.73 Å². The predicted molar refractivity (Wildman–Crippen MR) is 79.4 cm³/mol. The normalized spacial score (nSPS) is 11.1. The van der Waals surface area contributed by atoms with Crippen molar-refractivity contribution >= 4 is 21.5 Å². The zero-order chi connectivity index (χ0) is 15.6. The number of halogens is 1. The Bertz CT molecular complexity index is 804. The first-order chi connectivity index (χ1) is 9.79. The molecule has 0 amide bonds. The number of hydrogen-bond donors (Lipinski definition) is 3. The van der Waals surface area contributed by atoms with Crippen molar-refractivity contribution in [2.75, 3.05) is 4.72 Å².